The number of carbonyl (C=O) groups excluding carboxylic acids is 1. The number of β-amino-alcohol motifs (C(OH)–C–C–N with tert-alkyl or cyclic N) is 1. The summed E-state index contributed by atoms with van der Waals surface area (Å²) in [6.07, 6.45) is 1.51. The van der Waals surface area contributed by atoms with E-state index in [2.05, 4.69) is 12.2 Å². The summed E-state index contributed by atoms with van der Waals surface area (Å²) >= 11 is 0. The molecule has 2 fully saturated rings. The van der Waals surface area contributed by atoms with Crippen molar-refractivity contribution in [3.63, 3.8) is 0 Å². The molecule has 0 bridgehead atoms. The second-order valence-electron chi connectivity index (χ2n) is 5.26. The maximum atomic E-state index is 12.2. The molecule has 0 aromatic carbocycles. The first-order valence-electron chi connectivity index (χ1n) is 6.30. The van der Waals surface area contributed by atoms with Crippen molar-refractivity contribution in [1.29, 1.82) is 0 Å². The fourth-order valence-electron chi connectivity index (χ4n) is 2.68. The molecule has 1 amide bonds. The summed E-state index contributed by atoms with van der Waals surface area (Å²) in [6.45, 7) is 6.37. The molecule has 2 aliphatic rings. The number of nitrogens with one attached hydrogen (secondary N) is 1. The van der Waals surface area contributed by atoms with Gasteiger partial charge in [0.15, 0.2) is 0 Å². The predicted molar refractivity (Wildman–Crippen MR) is 61.9 cm³/mol. The number of carbonyl (C=O) groups is 1. The lowest BCUT2D eigenvalue weighted by Gasteiger charge is -2.36. The highest BCUT2D eigenvalue weighted by Crippen LogP contribution is 2.23. The number of hydrogen-bond acceptors (Lipinski definition) is 3. The molecule has 0 spiro atoms. The van der Waals surface area contributed by atoms with Crippen LogP contribution in [0.25, 0.3) is 0 Å². The van der Waals surface area contributed by atoms with Crippen molar-refractivity contribution in [1.82, 2.24) is 10.2 Å². The van der Waals surface area contributed by atoms with Crippen molar-refractivity contribution >= 4 is 5.91 Å². The number of rotatable bonds is 1. The fraction of sp³-hybridized carbons (Fsp3) is 0.917. The van der Waals surface area contributed by atoms with Gasteiger partial charge in [0.25, 0.3) is 0 Å². The van der Waals surface area contributed by atoms with Crippen molar-refractivity contribution in [2.45, 2.75) is 38.8 Å². The van der Waals surface area contributed by atoms with Gasteiger partial charge in [-0.15, -0.1) is 0 Å². The molecule has 0 aromatic heterocycles. The Hall–Kier alpha value is -0.610. The standard InChI is InChI=1S/C12H22N2O2/c1-8-4-6-14(7-11(8)15)12(16)10-3-5-13-9(10)2/h8-11,13,15H,3-7H2,1-2H3. The first-order chi connectivity index (χ1) is 7.59. The largest absolute Gasteiger partial charge is 0.391 e. The first-order valence-corrected chi connectivity index (χ1v) is 6.30. The third-order valence-corrected chi connectivity index (χ3v) is 4.07. The van der Waals surface area contributed by atoms with E-state index in [-0.39, 0.29) is 24.0 Å². The maximum Gasteiger partial charge on any atom is 0.227 e. The zero-order valence-corrected chi connectivity index (χ0v) is 10.1. The summed E-state index contributed by atoms with van der Waals surface area (Å²) in [5.74, 6) is 0.659. The van der Waals surface area contributed by atoms with Crippen LogP contribution in [0, 0.1) is 11.8 Å². The SMILES string of the molecule is CC1CCN(C(=O)C2CCNC2C)CC1O. The molecule has 2 rings (SSSR count). The van der Waals surface area contributed by atoms with Gasteiger partial charge < -0.3 is 15.3 Å². The van der Waals surface area contributed by atoms with Gasteiger partial charge in [0.05, 0.1) is 12.0 Å². The van der Waals surface area contributed by atoms with Gasteiger partial charge >= 0.3 is 0 Å². The van der Waals surface area contributed by atoms with Crippen molar-refractivity contribution in [3.05, 3.63) is 0 Å². The summed E-state index contributed by atoms with van der Waals surface area (Å²) in [4.78, 5) is 14.1. The first kappa shape index (κ1) is 11.9. The van der Waals surface area contributed by atoms with E-state index in [1.165, 1.54) is 0 Å². The number of piperidine rings is 1. The van der Waals surface area contributed by atoms with Crippen LogP contribution < -0.4 is 5.32 Å². The van der Waals surface area contributed by atoms with Crippen LogP contribution >= 0.6 is 0 Å². The highest BCUT2D eigenvalue weighted by atomic mass is 16.3. The second kappa shape index (κ2) is 4.72. The molecule has 2 aliphatic heterocycles. The van der Waals surface area contributed by atoms with Gasteiger partial charge in [-0.1, -0.05) is 6.92 Å². The van der Waals surface area contributed by atoms with Crippen LogP contribution in [0.15, 0.2) is 0 Å². The zero-order valence-electron chi connectivity index (χ0n) is 10.1. The molecule has 92 valence electrons. The lowest BCUT2D eigenvalue weighted by molar-refractivity contribution is -0.140. The van der Waals surface area contributed by atoms with Gasteiger partial charge in [-0.2, -0.15) is 0 Å². The number of likely N-dealkylation sites (tertiary alicyclic amines) is 1. The molecular weight excluding hydrogens is 204 g/mol. The number of nitrogens with zero attached hydrogens (tertiary/aromatic N) is 1. The van der Waals surface area contributed by atoms with E-state index in [9.17, 15) is 9.90 Å². The number of hydrogen-bond donors (Lipinski definition) is 2. The Balaban J connectivity index is 1.95. The van der Waals surface area contributed by atoms with E-state index in [0.29, 0.717) is 12.5 Å². The van der Waals surface area contributed by atoms with Crippen molar-refractivity contribution in [3.8, 4) is 0 Å². The van der Waals surface area contributed by atoms with Gasteiger partial charge in [-0.25, -0.2) is 0 Å². The lowest BCUT2D eigenvalue weighted by atomic mass is 9.93. The van der Waals surface area contributed by atoms with Gasteiger partial charge in [-0.05, 0) is 32.2 Å². The Kier molecular flexibility index (Phi) is 3.50. The third kappa shape index (κ3) is 2.23. The minimum Gasteiger partial charge on any atom is -0.391 e. The van der Waals surface area contributed by atoms with E-state index in [1.807, 2.05) is 11.8 Å². The van der Waals surface area contributed by atoms with Crippen LogP contribution in [0.3, 0.4) is 0 Å². The van der Waals surface area contributed by atoms with Gasteiger partial charge in [0.2, 0.25) is 5.91 Å². The van der Waals surface area contributed by atoms with Crippen LogP contribution in [0.2, 0.25) is 0 Å². The molecular formula is C12H22N2O2. The normalized spacial score (nSPS) is 40.1. The minimum atomic E-state index is -0.345. The number of aliphatic hydroxyl groups is 1. The Bertz CT molecular complexity index is 270. The van der Waals surface area contributed by atoms with Gasteiger partial charge in [-0.3, -0.25) is 4.79 Å². The molecule has 2 heterocycles. The van der Waals surface area contributed by atoms with Crippen LogP contribution in [-0.4, -0.2) is 47.7 Å². The molecule has 4 atom stereocenters. The van der Waals surface area contributed by atoms with E-state index >= 15 is 0 Å². The van der Waals surface area contributed by atoms with E-state index in [0.717, 1.165) is 25.9 Å². The quantitative estimate of drug-likeness (QED) is 0.672. The van der Waals surface area contributed by atoms with Gasteiger partial charge in [0, 0.05) is 19.1 Å². The smallest absolute Gasteiger partial charge is 0.227 e. The molecule has 2 saturated heterocycles. The Labute approximate surface area is 97.0 Å². The Morgan fingerprint density at radius 1 is 1.38 bits per heavy atom. The molecule has 0 aromatic rings. The molecule has 0 radical (unpaired) electrons. The highest BCUT2D eigenvalue weighted by Gasteiger charge is 2.35. The summed E-state index contributed by atoms with van der Waals surface area (Å²) in [5.41, 5.74) is 0. The van der Waals surface area contributed by atoms with Crippen LogP contribution in [0.1, 0.15) is 26.7 Å². The summed E-state index contributed by atoms with van der Waals surface area (Å²) < 4.78 is 0. The number of aliphatic hydroxyl groups excluding tert-OH is 1. The molecule has 4 unspecified atom stereocenters. The van der Waals surface area contributed by atoms with Crippen LogP contribution in [0.4, 0.5) is 0 Å². The monoisotopic (exact) mass is 226 g/mol. The molecule has 2 N–H and O–H groups in total. The van der Waals surface area contributed by atoms with Crippen molar-refractivity contribution in [2.75, 3.05) is 19.6 Å². The molecule has 16 heavy (non-hydrogen) atoms. The lowest BCUT2D eigenvalue weighted by Crippen LogP contribution is -2.49. The Morgan fingerprint density at radius 2 is 2.12 bits per heavy atom. The molecule has 4 nitrogen and oxygen atoms in total. The summed E-state index contributed by atoms with van der Waals surface area (Å²) in [7, 11) is 0. The summed E-state index contributed by atoms with van der Waals surface area (Å²) in [5, 5.41) is 13.1. The fourth-order valence-corrected chi connectivity index (χ4v) is 2.68. The second-order valence-corrected chi connectivity index (χ2v) is 5.26. The van der Waals surface area contributed by atoms with Crippen LogP contribution in [-0.2, 0) is 4.79 Å². The minimum absolute atomic E-state index is 0.112. The summed E-state index contributed by atoms with van der Waals surface area (Å²) in [6, 6.07) is 0.281. The topological polar surface area (TPSA) is 52.6 Å². The third-order valence-electron chi connectivity index (χ3n) is 4.07. The van der Waals surface area contributed by atoms with E-state index in [1.54, 1.807) is 0 Å². The average Bonchev–Trinajstić information content (AvgIpc) is 2.67. The van der Waals surface area contributed by atoms with Crippen molar-refractivity contribution in [2.24, 2.45) is 11.8 Å². The average molecular weight is 226 g/mol. The van der Waals surface area contributed by atoms with E-state index in [4.69, 9.17) is 0 Å². The Morgan fingerprint density at radius 3 is 2.69 bits per heavy atom. The molecule has 4 heteroatoms. The zero-order chi connectivity index (χ0) is 11.7. The van der Waals surface area contributed by atoms with Gasteiger partial charge in [0.1, 0.15) is 0 Å². The van der Waals surface area contributed by atoms with Crippen LogP contribution in [0.5, 0.6) is 0 Å². The maximum absolute atomic E-state index is 12.2. The van der Waals surface area contributed by atoms with E-state index < -0.39 is 0 Å². The number of amides is 1. The predicted octanol–water partition coefficient (Wildman–Crippen LogP) is 0.214. The molecule has 0 aliphatic carbocycles. The van der Waals surface area contributed by atoms with Crippen molar-refractivity contribution < 1.29 is 9.90 Å². The molecule has 0 saturated carbocycles. The highest BCUT2D eigenvalue weighted by molar-refractivity contribution is 5.80.